The summed E-state index contributed by atoms with van der Waals surface area (Å²) in [6.45, 7) is 5.99. The molecule has 1 aromatic carbocycles. The smallest absolute Gasteiger partial charge is 0.206 e. The molecular weight excluding hydrogens is 280 g/mol. The zero-order chi connectivity index (χ0) is 14.7. The largest absolute Gasteiger partial charge is 0.353 e. The van der Waals surface area contributed by atoms with E-state index in [4.69, 9.17) is 0 Å². The molecule has 1 aromatic heterocycles. The molecule has 3 nitrogen and oxygen atoms in total. The summed E-state index contributed by atoms with van der Waals surface area (Å²) >= 11 is 1.44. The third-order valence-corrected chi connectivity index (χ3v) is 3.69. The molecule has 0 fully saturated rings. The topological polar surface area (TPSA) is 37.8 Å². The van der Waals surface area contributed by atoms with Crippen LogP contribution in [0.15, 0.2) is 18.2 Å². The van der Waals surface area contributed by atoms with Crippen LogP contribution in [0.3, 0.4) is 0 Å². The van der Waals surface area contributed by atoms with Gasteiger partial charge in [-0.2, -0.15) is 0 Å². The normalized spacial score (nSPS) is 12.7. The molecule has 1 N–H and O–H groups in total. The first-order valence-corrected chi connectivity index (χ1v) is 7.31. The highest BCUT2D eigenvalue weighted by atomic mass is 32.1. The Morgan fingerprint density at radius 3 is 2.65 bits per heavy atom. The Morgan fingerprint density at radius 2 is 1.95 bits per heavy atom. The molecule has 1 heterocycles. The van der Waals surface area contributed by atoms with Gasteiger partial charge in [0.1, 0.15) is 16.6 Å². The van der Waals surface area contributed by atoms with E-state index in [-0.39, 0.29) is 11.6 Å². The molecule has 6 heteroatoms. The first-order valence-electron chi connectivity index (χ1n) is 6.49. The molecule has 108 valence electrons. The number of aromatic nitrogens is 2. The average Bonchev–Trinajstić information content (AvgIpc) is 2.78. The van der Waals surface area contributed by atoms with Gasteiger partial charge in [0.2, 0.25) is 5.13 Å². The molecule has 0 bridgehead atoms. The number of rotatable bonds is 5. The van der Waals surface area contributed by atoms with Gasteiger partial charge in [0, 0.05) is 12.0 Å². The lowest BCUT2D eigenvalue weighted by Gasteiger charge is -2.13. The lowest BCUT2D eigenvalue weighted by atomic mass is 10.1. The standard InChI is InChI=1S/C14H17F2N3S/c1-8(2)6-13-18-19-14(20-13)17-9(3)11-7-10(15)4-5-12(11)16/h4-5,7-9H,6H2,1-3H3,(H,17,19). The molecule has 0 amide bonds. The number of hydrogen-bond acceptors (Lipinski definition) is 4. The Bertz CT molecular complexity index is 584. The van der Waals surface area contributed by atoms with Crippen molar-refractivity contribution in [3.63, 3.8) is 0 Å². The predicted octanol–water partition coefficient (Wildman–Crippen LogP) is 4.19. The molecule has 2 rings (SSSR count). The Labute approximate surface area is 121 Å². The van der Waals surface area contributed by atoms with Crippen molar-refractivity contribution >= 4 is 16.5 Å². The molecule has 0 aliphatic heterocycles. The number of benzene rings is 1. The van der Waals surface area contributed by atoms with Crippen molar-refractivity contribution in [1.82, 2.24) is 10.2 Å². The lowest BCUT2D eigenvalue weighted by molar-refractivity contribution is 0.577. The van der Waals surface area contributed by atoms with E-state index in [1.165, 1.54) is 17.4 Å². The summed E-state index contributed by atoms with van der Waals surface area (Å²) in [7, 11) is 0. The highest BCUT2D eigenvalue weighted by molar-refractivity contribution is 7.15. The third-order valence-electron chi connectivity index (χ3n) is 2.81. The molecule has 0 saturated carbocycles. The molecule has 0 saturated heterocycles. The van der Waals surface area contributed by atoms with Crippen LogP contribution in [-0.4, -0.2) is 10.2 Å². The number of nitrogens with zero attached hydrogens (tertiary/aromatic N) is 2. The minimum Gasteiger partial charge on any atom is -0.353 e. The summed E-state index contributed by atoms with van der Waals surface area (Å²) in [6.07, 6.45) is 0.863. The first kappa shape index (κ1) is 14.8. The van der Waals surface area contributed by atoms with Gasteiger partial charge in [-0.1, -0.05) is 25.2 Å². The molecule has 2 aromatic rings. The highest BCUT2D eigenvalue weighted by Gasteiger charge is 2.14. The van der Waals surface area contributed by atoms with Gasteiger partial charge >= 0.3 is 0 Å². The highest BCUT2D eigenvalue weighted by Crippen LogP contribution is 2.25. The maximum absolute atomic E-state index is 13.7. The van der Waals surface area contributed by atoms with E-state index >= 15 is 0 Å². The van der Waals surface area contributed by atoms with E-state index in [0.717, 1.165) is 23.6 Å². The molecule has 0 spiro atoms. The van der Waals surface area contributed by atoms with Crippen molar-refractivity contribution < 1.29 is 8.78 Å². The second-order valence-corrected chi connectivity index (χ2v) is 6.19. The van der Waals surface area contributed by atoms with E-state index < -0.39 is 11.6 Å². The predicted molar refractivity (Wildman–Crippen MR) is 76.8 cm³/mol. The summed E-state index contributed by atoms with van der Waals surface area (Å²) < 4.78 is 26.8. The second kappa shape index (κ2) is 6.26. The minimum absolute atomic E-state index is 0.283. The van der Waals surface area contributed by atoms with Crippen LogP contribution in [0.5, 0.6) is 0 Å². The Morgan fingerprint density at radius 1 is 1.20 bits per heavy atom. The van der Waals surface area contributed by atoms with Crippen molar-refractivity contribution in [3.8, 4) is 0 Å². The maximum Gasteiger partial charge on any atom is 0.206 e. The Balaban J connectivity index is 2.09. The van der Waals surface area contributed by atoms with Gasteiger partial charge in [0.15, 0.2) is 0 Å². The van der Waals surface area contributed by atoms with Gasteiger partial charge < -0.3 is 5.32 Å². The van der Waals surface area contributed by atoms with Gasteiger partial charge in [-0.25, -0.2) is 8.78 Å². The van der Waals surface area contributed by atoms with Crippen LogP contribution < -0.4 is 5.32 Å². The van der Waals surface area contributed by atoms with E-state index in [2.05, 4.69) is 29.4 Å². The fourth-order valence-electron chi connectivity index (χ4n) is 1.85. The summed E-state index contributed by atoms with van der Waals surface area (Å²) in [5.41, 5.74) is 0.283. The molecule has 0 aliphatic rings. The molecule has 0 aliphatic carbocycles. The van der Waals surface area contributed by atoms with E-state index in [1.807, 2.05) is 0 Å². The quantitative estimate of drug-likeness (QED) is 0.899. The monoisotopic (exact) mass is 297 g/mol. The molecular formula is C14H17F2N3S. The van der Waals surface area contributed by atoms with Crippen LogP contribution >= 0.6 is 11.3 Å². The Hall–Kier alpha value is -1.56. The molecule has 0 radical (unpaired) electrons. The second-order valence-electron chi connectivity index (χ2n) is 5.13. The summed E-state index contributed by atoms with van der Waals surface area (Å²) in [5, 5.41) is 12.7. The SMILES string of the molecule is CC(C)Cc1nnc(NC(C)c2cc(F)ccc2F)s1. The van der Waals surface area contributed by atoms with Crippen molar-refractivity contribution in [2.24, 2.45) is 5.92 Å². The van der Waals surface area contributed by atoms with Crippen LogP contribution in [0.1, 0.15) is 37.4 Å². The fourth-order valence-corrected chi connectivity index (χ4v) is 2.89. The van der Waals surface area contributed by atoms with Gasteiger partial charge in [-0.05, 0) is 31.0 Å². The van der Waals surface area contributed by atoms with Crippen LogP contribution in [0.25, 0.3) is 0 Å². The molecule has 1 atom stereocenters. The number of hydrogen-bond donors (Lipinski definition) is 1. The summed E-state index contributed by atoms with van der Waals surface area (Å²) in [4.78, 5) is 0. The van der Waals surface area contributed by atoms with Gasteiger partial charge in [0.05, 0.1) is 6.04 Å². The molecule has 20 heavy (non-hydrogen) atoms. The number of halogens is 2. The van der Waals surface area contributed by atoms with Crippen LogP contribution in [0.2, 0.25) is 0 Å². The summed E-state index contributed by atoms with van der Waals surface area (Å²) in [5.74, 6) is -0.375. The van der Waals surface area contributed by atoms with Crippen LogP contribution in [0.4, 0.5) is 13.9 Å². The van der Waals surface area contributed by atoms with Crippen LogP contribution in [0, 0.1) is 17.6 Å². The fraction of sp³-hybridized carbons (Fsp3) is 0.429. The van der Waals surface area contributed by atoms with Crippen molar-refractivity contribution in [2.45, 2.75) is 33.2 Å². The Kier molecular flexibility index (Phi) is 4.65. The van der Waals surface area contributed by atoms with E-state index in [1.54, 1.807) is 6.92 Å². The van der Waals surface area contributed by atoms with Gasteiger partial charge in [-0.3, -0.25) is 0 Å². The van der Waals surface area contributed by atoms with E-state index in [9.17, 15) is 8.78 Å². The van der Waals surface area contributed by atoms with Crippen LogP contribution in [-0.2, 0) is 6.42 Å². The lowest BCUT2D eigenvalue weighted by Crippen LogP contribution is -2.08. The van der Waals surface area contributed by atoms with Gasteiger partial charge in [0.25, 0.3) is 0 Å². The van der Waals surface area contributed by atoms with Gasteiger partial charge in [-0.15, -0.1) is 10.2 Å². The number of nitrogens with one attached hydrogen (secondary N) is 1. The minimum atomic E-state index is -0.451. The number of anilines is 1. The molecule has 1 unspecified atom stereocenters. The average molecular weight is 297 g/mol. The first-order chi connectivity index (χ1) is 9.45. The van der Waals surface area contributed by atoms with E-state index in [0.29, 0.717) is 11.0 Å². The van der Waals surface area contributed by atoms with Crippen molar-refractivity contribution in [3.05, 3.63) is 40.4 Å². The zero-order valence-electron chi connectivity index (χ0n) is 11.7. The maximum atomic E-state index is 13.7. The summed E-state index contributed by atoms with van der Waals surface area (Å²) in [6, 6.07) is 3.07. The third kappa shape index (κ3) is 3.72. The van der Waals surface area contributed by atoms with Crippen molar-refractivity contribution in [1.29, 1.82) is 0 Å². The zero-order valence-corrected chi connectivity index (χ0v) is 12.5. The van der Waals surface area contributed by atoms with Crippen molar-refractivity contribution in [2.75, 3.05) is 5.32 Å².